The standard InChI is InChI=1S/C10H15N5O2/c1-7(16)13-8-3-2-4-15(5-8)10(17)9-11-6-12-14-9/h6,8H,2-5H2,1H3,(H,13,16)(H,11,12,14). The van der Waals surface area contributed by atoms with E-state index in [1.54, 1.807) is 4.90 Å². The molecule has 17 heavy (non-hydrogen) atoms. The van der Waals surface area contributed by atoms with Crippen LogP contribution in [0.15, 0.2) is 6.33 Å². The Morgan fingerprint density at radius 1 is 1.59 bits per heavy atom. The van der Waals surface area contributed by atoms with Crippen LogP contribution in [0.1, 0.15) is 30.4 Å². The first-order valence-electron chi connectivity index (χ1n) is 5.58. The zero-order valence-electron chi connectivity index (χ0n) is 9.64. The number of H-pyrrole nitrogens is 1. The van der Waals surface area contributed by atoms with Gasteiger partial charge in [0.05, 0.1) is 0 Å². The SMILES string of the molecule is CC(=O)NC1CCCN(C(=O)c2ncn[nH]2)C1. The monoisotopic (exact) mass is 237 g/mol. The number of carbonyl (C=O) groups is 2. The Morgan fingerprint density at radius 3 is 3.06 bits per heavy atom. The van der Waals surface area contributed by atoms with Crippen LogP contribution in [0.25, 0.3) is 0 Å². The van der Waals surface area contributed by atoms with Crippen molar-refractivity contribution in [1.82, 2.24) is 25.4 Å². The first-order valence-corrected chi connectivity index (χ1v) is 5.58. The maximum atomic E-state index is 12.0. The van der Waals surface area contributed by atoms with Crippen LogP contribution in [0, 0.1) is 0 Å². The van der Waals surface area contributed by atoms with Gasteiger partial charge in [-0.25, -0.2) is 4.98 Å². The van der Waals surface area contributed by atoms with Gasteiger partial charge in [-0.05, 0) is 12.8 Å². The summed E-state index contributed by atoms with van der Waals surface area (Å²) in [5.74, 6) is 0.00925. The molecule has 1 atom stereocenters. The first kappa shape index (κ1) is 11.6. The minimum absolute atomic E-state index is 0.0353. The average molecular weight is 237 g/mol. The lowest BCUT2D eigenvalue weighted by Gasteiger charge is -2.32. The number of likely N-dealkylation sites (tertiary alicyclic amines) is 1. The van der Waals surface area contributed by atoms with Crippen molar-refractivity contribution in [3.63, 3.8) is 0 Å². The molecule has 2 rings (SSSR count). The number of aromatic amines is 1. The molecule has 1 unspecified atom stereocenters. The molecule has 7 heteroatoms. The molecular formula is C10H15N5O2. The lowest BCUT2D eigenvalue weighted by molar-refractivity contribution is -0.120. The average Bonchev–Trinajstić information content (AvgIpc) is 2.81. The summed E-state index contributed by atoms with van der Waals surface area (Å²) < 4.78 is 0. The second-order valence-corrected chi connectivity index (χ2v) is 4.12. The van der Waals surface area contributed by atoms with Crippen molar-refractivity contribution in [2.24, 2.45) is 0 Å². The molecule has 2 N–H and O–H groups in total. The van der Waals surface area contributed by atoms with Crippen LogP contribution in [0.2, 0.25) is 0 Å². The molecule has 0 radical (unpaired) electrons. The summed E-state index contributed by atoms with van der Waals surface area (Å²) in [6.07, 6.45) is 3.09. The van der Waals surface area contributed by atoms with Crippen LogP contribution in [0.5, 0.6) is 0 Å². The van der Waals surface area contributed by atoms with Crippen molar-refractivity contribution in [1.29, 1.82) is 0 Å². The number of carbonyl (C=O) groups excluding carboxylic acids is 2. The molecule has 2 heterocycles. The molecule has 2 amide bonds. The number of hydrogen-bond acceptors (Lipinski definition) is 4. The highest BCUT2D eigenvalue weighted by molar-refractivity contribution is 5.90. The lowest BCUT2D eigenvalue weighted by atomic mass is 10.1. The minimum atomic E-state index is -0.169. The Hall–Kier alpha value is -1.92. The lowest BCUT2D eigenvalue weighted by Crippen LogP contribution is -2.49. The molecule has 1 saturated heterocycles. The quantitative estimate of drug-likeness (QED) is 0.728. The van der Waals surface area contributed by atoms with Gasteiger partial charge in [0.15, 0.2) is 0 Å². The number of nitrogens with one attached hydrogen (secondary N) is 2. The van der Waals surface area contributed by atoms with E-state index in [0.717, 1.165) is 12.8 Å². The van der Waals surface area contributed by atoms with Gasteiger partial charge in [0.25, 0.3) is 5.91 Å². The minimum Gasteiger partial charge on any atom is -0.352 e. The third-order valence-corrected chi connectivity index (χ3v) is 2.73. The van der Waals surface area contributed by atoms with Crippen molar-refractivity contribution < 1.29 is 9.59 Å². The predicted octanol–water partition coefficient (Wildman–Crippen LogP) is -0.455. The fourth-order valence-corrected chi connectivity index (χ4v) is 2.03. The van der Waals surface area contributed by atoms with E-state index in [9.17, 15) is 9.59 Å². The molecule has 92 valence electrons. The molecule has 1 aromatic heterocycles. The third kappa shape index (κ3) is 2.80. The van der Waals surface area contributed by atoms with Crippen molar-refractivity contribution in [3.05, 3.63) is 12.2 Å². The third-order valence-electron chi connectivity index (χ3n) is 2.73. The van der Waals surface area contributed by atoms with Crippen LogP contribution < -0.4 is 5.32 Å². The molecular weight excluding hydrogens is 222 g/mol. The highest BCUT2D eigenvalue weighted by Gasteiger charge is 2.26. The van der Waals surface area contributed by atoms with Crippen LogP contribution in [-0.4, -0.2) is 51.0 Å². The predicted molar refractivity (Wildman–Crippen MR) is 59.1 cm³/mol. The second kappa shape index (κ2) is 4.94. The molecule has 1 aliphatic heterocycles. The Balaban J connectivity index is 1.97. The highest BCUT2D eigenvalue weighted by atomic mass is 16.2. The fraction of sp³-hybridized carbons (Fsp3) is 0.600. The molecule has 0 aromatic carbocycles. The topological polar surface area (TPSA) is 91.0 Å². The number of nitrogens with zero attached hydrogens (tertiary/aromatic N) is 3. The Morgan fingerprint density at radius 2 is 2.41 bits per heavy atom. The molecule has 0 saturated carbocycles. The molecule has 1 aliphatic rings. The zero-order chi connectivity index (χ0) is 12.3. The van der Waals surface area contributed by atoms with E-state index in [1.807, 2.05) is 0 Å². The van der Waals surface area contributed by atoms with Crippen molar-refractivity contribution in [2.75, 3.05) is 13.1 Å². The number of hydrogen-bond donors (Lipinski definition) is 2. The molecule has 0 aliphatic carbocycles. The highest BCUT2D eigenvalue weighted by Crippen LogP contribution is 2.12. The maximum absolute atomic E-state index is 12.0. The van der Waals surface area contributed by atoms with E-state index in [1.165, 1.54) is 13.3 Å². The van der Waals surface area contributed by atoms with Crippen LogP contribution in [0.3, 0.4) is 0 Å². The number of piperidine rings is 1. The smallest absolute Gasteiger partial charge is 0.291 e. The van der Waals surface area contributed by atoms with Gasteiger partial charge < -0.3 is 10.2 Å². The van der Waals surface area contributed by atoms with Crippen LogP contribution in [-0.2, 0) is 4.79 Å². The van der Waals surface area contributed by atoms with E-state index in [-0.39, 0.29) is 23.7 Å². The van der Waals surface area contributed by atoms with Crippen LogP contribution in [0.4, 0.5) is 0 Å². The van der Waals surface area contributed by atoms with Gasteiger partial charge in [-0.15, -0.1) is 0 Å². The second-order valence-electron chi connectivity index (χ2n) is 4.12. The number of aromatic nitrogens is 3. The number of rotatable bonds is 2. The molecule has 0 spiro atoms. The number of amides is 2. The summed E-state index contributed by atoms with van der Waals surface area (Å²) in [5.41, 5.74) is 0. The summed E-state index contributed by atoms with van der Waals surface area (Å²) in [6, 6.07) is 0.0353. The van der Waals surface area contributed by atoms with E-state index in [2.05, 4.69) is 20.5 Å². The van der Waals surface area contributed by atoms with Gasteiger partial charge in [0.2, 0.25) is 11.7 Å². The maximum Gasteiger partial charge on any atom is 0.291 e. The fourth-order valence-electron chi connectivity index (χ4n) is 2.03. The van der Waals surface area contributed by atoms with Gasteiger partial charge in [-0.3, -0.25) is 14.7 Å². The summed E-state index contributed by atoms with van der Waals surface area (Å²) in [6.45, 7) is 2.70. The van der Waals surface area contributed by atoms with Crippen molar-refractivity contribution >= 4 is 11.8 Å². The van der Waals surface area contributed by atoms with Gasteiger partial charge in [-0.1, -0.05) is 0 Å². The van der Waals surface area contributed by atoms with Gasteiger partial charge >= 0.3 is 0 Å². The van der Waals surface area contributed by atoms with E-state index in [0.29, 0.717) is 13.1 Å². The van der Waals surface area contributed by atoms with Gasteiger partial charge in [-0.2, -0.15) is 5.10 Å². The Kier molecular flexibility index (Phi) is 3.36. The van der Waals surface area contributed by atoms with Crippen molar-refractivity contribution in [2.45, 2.75) is 25.8 Å². The Bertz CT molecular complexity index is 403. The van der Waals surface area contributed by atoms with Crippen molar-refractivity contribution in [3.8, 4) is 0 Å². The molecule has 0 bridgehead atoms. The first-order chi connectivity index (χ1) is 8.16. The summed E-state index contributed by atoms with van der Waals surface area (Å²) in [4.78, 5) is 28.5. The largest absolute Gasteiger partial charge is 0.352 e. The Labute approximate surface area is 98.6 Å². The van der Waals surface area contributed by atoms with E-state index in [4.69, 9.17) is 0 Å². The summed E-state index contributed by atoms with van der Waals surface area (Å²) in [7, 11) is 0. The summed E-state index contributed by atoms with van der Waals surface area (Å²) in [5, 5.41) is 9.04. The molecule has 1 aromatic rings. The zero-order valence-corrected chi connectivity index (χ0v) is 9.64. The molecule has 1 fully saturated rings. The normalized spacial score (nSPS) is 20.1. The molecule has 7 nitrogen and oxygen atoms in total. The summed E-state index contributed by atoms with van der Waals surface area (Å²) >= 11 is 0. The van der Waals surface area contributed by atoms with Gasteiger partial charge in [0, 0.05) is 26.1 Å². The van der Waals surface area contributed by atoms with E-state index >= 15 is 0 Å². The van der Waals surface area contributed by atoms with Crippen LogP contribution >= 0.6 is 0 Å². The van der Waals surface area contributed by atoms with Gasteiger partial charge in [0.1, 0.15) is 6.33 Å². The van der Waals surface area contributed by atoms with E-state index < -0.39 is 0 Å².